The number of anilines is 1. The first kappa shape index (κ1) is 15.8. The third-order valence-electron chi connectivity index (χ3n) is 2.50. The van der Waals surface area contributed by atoms with E-state index in [2.05, 4.69) is 21.9 Å². The molecule has 2 N–H and O–H groups in total. The minimum Gasteiger partial charge on any atom is -0.370 e. The van der Waals surface area contributed by atoms with E-state index in [1.54, 1.807) is 11.8 Å². The third-order valence-corrected chi connectivity index (χ3v) is 3.20. The Morgan fingerprint density at radius 3 is 2.95 bits per heavy atom. The highest BCUT2D eigenvalue weighted by Gasteiger charge is 2.13. The van der Waals surface area contributed by atoms with Crippen molar-refractivity contribution in [1.29, 1.82) is 0 Å². The van der Waals surface area contributed by atoms with Crippen LogP contribution in [-0.2, 0) is 0 Å². The number of amides is 1. The largest absolute Gasteiger partial charge is 0.370 e. The van der Waals surface area contributed by atoms with Crippen molar-refractivity contribution < 1.29 is 9.18 Å². The fourth-order valence-corrected chi connectivity index (χ4v) is 2.08. The van der Waals surface area contributed by atoms with Gasteiger partial charge in [-0.05, 0) is 37.8 Å². The molecular formula is C13H20FN3OS. The van der Waals surface area contributed by atoms with E-state index in [1.807, 2.05) is 6.92 Å². The molecule has 0 spiro atoms. The van der Waals surface area contributed by atoms with Crippen molar-refractivity contribution in [3.63, 3.8) is 0 Å². The molecule has 0 saturated carbocycles. The summed E-state index contributed by atoms with van der Waals surface area (Å²) in [5.74, 6) is 0.715. The zero-order valence-electron chi connectivity index (χ0n) is 11.3. The number of carbonyl (C=O) groups is 1. The van der Waals surface area contributed by atoms with Crippen LogP contribution < -0.4 is 10.6 Å². The number of hydrogen-bond acceptors (Lipinski definition) is 4. The standard InChI is InChI=1S/C13H20FN3OS/c1-3-15-12-11(8-10(14)9-17-12)13(18)16-6-4-5-7-19-2/h8-9H,3-7H2,1-2H3,(H,15,17)(H,16,18). The maximum absolute atomic E-state index is 13.2. The molecule has 106 valence electrons. The van der Waals surface area contributed by atoms with Crippen molar-refractivity contribution in [2.45, 2.75) is 19.8 Å². The molecule has 0 atom stereocenters. The molecule has 0 radical (unpaired) electrons. The molecule has 0 aromatic carbocycles. The van der Waals surface area contributed by atoms with E-state index in [9.17, 15) is 9.18 Å². The van der Waals surface area contributed by atoms with Crippen molar-refractivity contribution in [1.82, 2.24) is 10.3 Å². The minimum absolute atomic E-state index is 0.256. The van der Waals surface area contributed by atoms with Gasteiger partial charge < -0.3 is 10.6 Å². The molecule has 0 bridgehead atoms. The number of halogens is 1. The summed E-state index contributed by atoms with van der Waals surface area (Å²) in [6.45, 7) is 3.13. The maximum atomic E-state index is 13.2. The number of unbranched alkanes of at least 4 members (excludes halogenated alkanes) is 1. The molecule has 0 aliphatic carbocycles. The highest BCUT2D eigenvalue weighted by atomic mass is 32.2. The number of aromatic nitrogens is 1. The van der Waals surface area contributed by atoms with Crippen LogP contribution in [0.2, 0.25) is 0 Å². The van der Waals surface area contributed by atoms with E-state index in [0.29, 0.717) is 18.9 Å². The molecule has 1 aromatic rings. The molecular weight excluding hydrogens is 265 g/mol. The van der Waals surface area contributed by atoms with Gasteiger partial charge in [-0.25, -0.2) is 9.37 Å². The zero-order chi connectivity index (χ0) is 14.1. The van der Waals surface area contributed by atoms with Gasteiger partial charge in [-0.3, -0.25) is 4.79 Å². The summed E-state index contributed by atoms with van der Waals surface area (Å²) in [5.41, 5.74) is 0.256. The number of nitrogens with one attached hydrogen (secondary N) is 2. The molecule has 1 heterocycles. The van der Waals surface area contributed by atoms with Gasteiger partial charge in [0.25, 0.3) is 5.91 Å². The molecule has 6 heteroatoms. The molecule has 1 rings (SSSR count). The van der Waals surface area contributed by atoms with Crippen molar-refractivity contribution in [3.05, 3.63) is 23.6 Å². The van der Waals surface area contributed by atoms with Gasteiger partial charge in [0, 0.05) is 13.1 Å². The summed E-state index contributed by atoms with van der Waals surface area (Å²) in [4.78, 5) is 15.9. The topological polar surface area (TPSA) is 54.0 Å². The first-order chi connectivity index (χ1) is 9.19. The van der Waals surface area contributed by atoms with Crippen LogP contribution in [0.3, 0.4) is 0 Å². The first-order valence-electron chi connectivity index (χ1n) is 6.35. The predicted octanol–water partition coefficient (Wildman–Crippen LogP) is 2.53. The van der Waals surface area contributed by atoms with Crippen LogP contribution in [-0.4, -0.2) is 36.0 Å². The van der Waals surface area contributed by atoms with Gasteiger partial charge in [-0.15, -0.1) is 0 Å². The lowest BCUT2D eigenvalue weighted by molar-refractivity contribution is 0.0953. The molecule has 0 aliphatic heterocycles. The number of hydrogen-bond donors (Lipinski definition) is 2. The van der Waals surface area contributed by atoms with Gasteiger partial charge in [0.05, 0.1) is 11.8 Å². The van der Waals surface area contributed by atoms with Crippen LogP contribution in [0, 0.1) is 5.82 Å². The van der Waals surface area contributed by atoms with Gasteiger partial charge in [0.15, 0.2) is 0 Å². The van der Waals surface area contributed by atoms with Crippen LogP contribution in [0.1, 0.15) is 30.1 Å². The molecule has 0 aliphatic rings. The van der Waals surface area contributed by atoms with Crippen LogP contribution in [0.15, 0.2) is 12.3 Å². The average Bonchev–Trinajstić information content (AvgIpc) is 2.40. The van der Waals surface area contributed by atoms with Gasteiger partial charge in [-0.2, -0.15) is 11.8 Å². The fourth-order valence-electron chi connectivity index (χ4n) is 1.59. The van der Waals surface area contributed by atoms with Crippen molar-refractivity contribution in [2.24, 2.45) is 0 Å². The van der Waals surface area contributed by atoms with E-state index in [4.69, 9.17) is 0 Å². The van der Waals surface area contributed by atoms with E-state index in [1.165, 1.54) is 6.07 Å². The number of thioether (sulfide) groups is 1. The maximum Gasteiger partial charge on any atom is 0.255 e. The summed E-state index contributed by atoms with van der Waals surface area (Å²) in [6, 6.07) is 1.21. The Morgan fingerprint density at radius 1 is 1.47 bits per heavy atom. The van der Waals surface area contributed by atoms with E-state index in [-0.39, 0.29) is 11.5 Å². The summed E-state index contributed by atoms with van der Waals surface area (Å²) >= 11 is 1.79. The molecule has 0 saturated heterocycles. The van der Waals surface area contributed by atoms with Crippen LogP contribution in [0.25, 0.3) is 0 Å². The Bertz CT molecular complexity index is 415. The van der Waals surface area contributed by atoms with E-state index in [0.717, 1.165) is 24.8 Å². The zero-order valence-corrected chi connectivity index (χ0v) is 12.1. The molecule has 19 heavy (non-hydrogen) atoms. The highest BCUT2D eigenvalue weighted by Crippen LogP contribution is 2.13. The summed E-state index contributed by atoms with van der Waals surface area (Å²) in [7, 11) is 0. The fraction of sp³-hybridized carbons (Fsp3) is 0.538. The smallest absolute Gasteiger partial charge is 0.255 e. The Balaban J connectivity index is 2.57. The van der Waals surface area contributed by atoms with Gasteiger partial charge in [0.1, 0.15) is 11.6 Å². The van der Waals surface area contributed by atoms with E-state index < -0.39 is 5.82 Å². The second-order valence-corrected chi connectivity index (χ2v) is 5.02. The highest BCUT2D eigenvalue weighted by molar-refractivity contribution is 7.98. The Labute approximate surface area is 117 Å². The van der Waals surface area contributed by atoms with Crippen LogP contribution >= 0.6 is 11.8 Å². The predicted molar refractivity (Wildman–Crippen MR) is 78.3 cm³/mol. The molecule has 4 nitrogen and oxygen atoms in total. The quantitative estimate of drug-likeness (QED) is 0.721. The van der Waals surface area contributed by atoms with Crippen molar-refractivity contribution in [3.8, 4) is 0 Å². The van der Waals surface area contributed by atoms with Crippen LogP contribution in [0.4, 0.5) is 10.2 Å². The summed E-state index contributed by atoms with van der Waals surface area (Å²) in [5, 5.41) is 5.74. The molecule has 0 fully saturated rings. The van der Waals surface area contributed by atoms with Crippen LogP contribution in [0.5, 0.6) is 0 Å². The number of rotatable bonds is 8. The molecule has 0 unspecified atom stereocenters. The first-order valence-corrected chi connectivity index (χ1v) is 7.75. The number of nitrogens with zero attached hydrogens (tertiary/aromatic N) is 1. The average molecular weight is 285 g/mol. The van der Waals surface area contributed by atoms with Gasteiger partial charge in [-0.1, -0.05) is 0 Å². The lowest BCUT2D eigenvalue weighted by Gasteiger charge is -2.10. The second-order valence-electron chi connectivity index (χ2n) is 4.04. The lowest BCUT2D eigenvalue weighted by Crippen LogP contribution is -2.26. The van der Waals surface area contributed by atoms with E-state index >= 15 is 0 Å². The Kier molecular flexibility index (Phi) is 7.25. The summed E-state index contributed by atoms with van der Waals surface area (Å²) < 4.78 is 13.2. The lowest BCUT2D eigenvalue weighted by atomic mass is 10.2. The number of carbonyl (C=O) groups excluding carboxylic acids is 1. The molecule has 1 amide bonds. The SMILES string of the molecule is CCNc1ncc(F)cc1C(=O)NCCCCSC. The summed E-state index contributed by atoms with van der Waals surface area (Å²) in [6.07, 6.45) is 5.14. The minimum atomic E-state index is -0.505. The monoisotopic (exact) mass is 285 g/mol. The second kappa shape index (κ2) is 8.74. The Hall–Kier alpha value is -1.30. The van der Waals surface area contributed by atoms with Crippen molar-refractivity contribution >= 4 is 23.5 Å². The molecule has 1 aromatic heterocycles. The van der Waals surface area contributed by atoms with Gasteiger partial charge in [0.2, 0.25) is 0 Å². The Morgan fingerprint density at radius 2 is 2.26 bits per heavy atom. The normalized spacial score (nSPS) is 10.3. The van der Waals surface area contributed by atoms with Gasteiger partial charge >= 0.3 is 0 Å². The third kappa shape index (κ3) is 5.46. The van der Waals surface area contributed by atoms with Crippen molar-refractivity contribution in [2.75, 3.05) is 30.4 Å². The number of pyridine rings is 1.